The minimum atomic E-state index is -2.49. The van der Waals surface area contributed by atoms with Gasteiger partial charge in [-0.05, 0) is 30.2 Å². The van der Waals surface area contributed by atoms with Crippen LogP contribution in [-0.4, -0.2) is 29.7 Å². The van der Waals surface area contributed by atoms with Crippen molar-refractivity contribution in [1.82, 2.24) is 19.9 Å². The fraction of sp³-hybridized carbons (Fsp3) is 0.111. The maximum Gasteiger partial charge on any atom is 0.291 e. The van der Waals surface area contributed by atoms with E-state index >= 15 is 0 Å². The molecule has 4 aromatic rings. The zero-order valence-electron chi connectivity index (χ0n) is 14.5. The minimum Gasteiger partial charge on any atom is -0.760 e. The Morgan fingerprint density at radius 1 is 1.18 bits per heavy atom. The van der Waals surface area contributed by atoms with E-state index in [2.05, 4.69) is 19.9 Å². The van der Waals surface area contributed by atoms with E-state index in [0.717, 1.165) is 15.8 Å². The lowest BCUT2D eigenvalue weighted by Crippen LogP contribution is -2.20. The number of hydrogen-bond donors (Lipinski definition) is 1. The van der Waals surface area contributed by atoms with Crippen LogP contribution in [0.5, 0.6) is 0 Å². The molecule has 0 bridgehead atoms. The number of carbonyl (C=O) groups is 1. The third kappa shape index (κ3) is 3.76. The summed E-state index contributed by atoms with van der Waals surface area (Å²) in [6.07, 6.45) is 0. The molecule has 28 heavy (non-hydrogen) atoms. The molecular weight excluding hydrogens is 400 g/mol. The molecule has 2 atom stereocenters. The minimum absolute atomic E-state index is 0.0000231. The molecule has 0 aliphatic rings. The van der Waals surface area contributed by atoms with Crippen LogP contribution < -0.4 is 4.72 Å². The second kappa shape index (κ2) is 7.68. The Kier molecular flexibility index (Phi) is 5.09. The summed E-state index contributed by atoms with van der Waals surface area (Å²) < 4.78 is 29.8. The monoisotopic (exact) mass is 413 g/mol. The fourth-order valence-electron chi connectivity index (χ4n) is 2.62. The quantitative estimate of drug-likeness (QED) is 0.381. The summed E-state index contributed by atoms with van der Waals surface area (Å²) in [5.41, 5.74) is 2.80. The van der Waals surface area contributed by atoms with E-state index in [1.165, 1.54) is 18.3 Å². The third-order valence-corrected chi connectivity index (χ3v) is 5.53. The summed E-state index contributed by atoms with van der Waals surface area (Å²) in [5, 5.41) is 7.67. The lowest BCUT2D eigenvalue weighted by atomic mass is 10.1. The van der Waals surface area contributed by atoms with Crippen molar-refractivity contribution in [1.29, 1.82) is 0 Å². The first-order chi connectivity index (χ1) is 13.5. The Balaban J connectivity index is 1.61. The van der Waals surface area contributed by atoms with Gasteiger partial charge in [0, 0.05) is 11.3 Å². The number of aromatic nitrogens is 3. The van der Waals surface area contributed by atoms with Crippen LogP contribution in [0.25, 0.3) is 21.3 Å². The number of fused-ring (bicyclic) bond motifs is 1. The molecule has 2 heterocycles. The first-order valence-electron chi connectivity index (χ1n) is 8.21. The Hall–Kier alpha value is -2.79. The summed E-state index contributed by atoms with van der Waals surface area (Å²) >= 11 is -1.25. The molecule has 0 radical (unpaired) electrons. The van der Waals surface area contributed by atoms with Gasteiger partial charge in [-0.25, -0.2) is 9.71 Å². The van der Waals surface area contributed by atoms with Crippen molar-refractivity contribution in [3.63, 3.8) is 0 Å². The molecule has 0 saturated carbocycles. The molecule has 1 unspecified atom stereocenters. The van der Waals surface area contributed by atoms with Gasteiger partial charge in [-0.3, -0.25) is 9.00 Å². The second-order valence-corrected chi connectivity index (χ2v) is 7.65. The highest BCUT2D eigenvalue weighted by molar-refractivity contribution is 7.77. The van der Waals surface area contributed by atoms with Gasteiger partial charge in [0.1, 0.15) is 0 Å². The molecule has 1 N–H and O–H groups in total. The highest BCUT2D eigenvalue weighted by Gasteiger charge is 2.23. The van der Waals surface area contributed by atoms with Gasteiger partial charge in [-0.2, -0.15) is 0 Å². The second-order valence-electron chi connectivity index (χ2n) is 5.92. The van der Waals surface area contributed by atoms with Crippen molar-refractivity contribution in [2.24, 2.45) is 0 Å². The van der Waals surface area contributed by atoms with E-state index in [1.54, 1.807) is 0 Å². The number of hydrogen-bond acceptors (Lipinski definition) is 8. The standard InChI is InChI=1S/C18H14N4O4S2/c1-10(22-28(24)25)16-20-21-17(26-16)15(23)18-19-13-8-7-12(9-14(13)27-18)11-5-3-2-4-6-11/h2-10,22H,1H3,(H,24,25)/p-1/t10-/m0/s1. The molecule has 4 rings (SSSR count). The zero-order valence-corrected chi connectivity index (χ0v) is 16.1. The molecule has 0 amide bonds. The van der Waals surface area contributed by atoms with Crippen molar-refractivity contribution in [3.05, 3.63) is 65.3 Å². The number of ketones is 1. The predicted molar refractivity (Wildman–Crippen MR) is 103 cm³/mol. The van der Waals surface area contributed by atoms with Gasteiger partial charge in [0.15, 0.2) is 5.01 Å². The summed E-state index contributed by atoms with van der Waals surface area (Å²) in [4.78, 5) is 17.0. The number of thiazole rings is 1. The van der Waals surface area contributed by atoms with Crippen LogP contribution >= 0.6 is 11.3 Å². The third-order valence-electron chi connectivity index (χ3n) is 3.97. The molecule has 0 spiro atoms. The predicted octanol–water partition coefficient (Wildman–Crippen LogP) is 3.02. The van der Waals surface area contributed by atoms with Crippen molar-refractivity contribution >= 4 is 38.6 Å². The normalized spacial score (nSPS) is 13.5. The Labute approximate surface area is 166 Å². The van der Waals surface area contributed by atoms with Crippen LogP contribution in [0.4, 0.5) is 0 Å². The summed E-state index contributed by atoms with van der Waals surface area (Å²) in [6.45, 7) is 1.53. The molecule has 0 fully saturated rings. The number of nitrogens with zero attached hydrogens (tertiary/aromatic N) is 3. The number of carbonyl (C=O) groups excluding carboxylic acids is 1. The molecule has 2 aromatic carbocycles. The van der Waals surface area contributed by atoms with E-state index in [9.17, 15) is 13.6 Å². The van der Waals surface area contributed by atoms with E-state index in [0.29, 0.717) is 5.52 Å². The van der Waals surface area contributed by atoms with Crippen LogP contribution in [-0.2, 0) is 11.3 Å². The fourth-order valence-corrected chi connectivity index (χ4v) is 3.95. The van der Waals surface area contributed by atoms with E-state index < -0.39 is 23.1 Å². The molecule has 0 aliphatic heterocycles. The Morgan fingerprint density at radius 2 is 1.96 bits per heavy atom. The molecule has 8 nitrogen and oxygen atoms in total. The largest absolute Gasteiger partial charge is 0.760 e. The Morgan fingerprint density at radius 3 is 2.71 bits per heavy atom. The maximum atomic E-state index is 12.6. The van der Waals surface area contributed by atoms with Crippen molar-refractivity contribution in [3.8, 4) is 11.1 Å². The van der Waals surface area contributed by atoms with Crippen LogP contribution in [0.1, 0.15) is 34.5 Å². The topological polar surface area (TPSA) is 121 Å². The van der Waals surface area contributed by atoms with E-state index in [-0.39, 0.29) is 16.8 Å². The van der Waals surface area contributed by atoms with Gasteiger partial charge in [-0.1, -0.05) is 36.4 Å². The number of rotatable bonds is 6. The average Bonchev–Trinajstić information content (AvgIpc) is 3.34. The highest BCUT2D eigenvalue weighted by atomic mass is 32.2. The summed E-state index contributed by atoms with van der Waals surface area (Å²) in [7, 11) is 0. The van der Waals surface area contributed by atoms with Gasteiger partial charge in [0.05, 0.1) is 16.3 Å². The van der Waals surface area contributed by atoms with Gasteiger partial charge < -0.3 is 8.97 Å². The first kappa shape index (κ1) is 18.6. The average molecular weight is 413 g/mol. The molecule has 0 saturated heterocycles. The van der Waals surface area contributed by atoms with Crippen LogP contribution in [0.15, 0.2) is 52.9 Å². The van der Waals surface area contributed by atoms with Crippen molar-refractivity contribution < 1.29 is 18.0 Å². The van der Waals surface area contributed by atoms with Crippen LogP contribution in [0, 0.1) is 0 Å². The van der Waals surface area contributed by atoms with E-state index in [1.807, 2.05) is 48.5 Å². The zero-order chi connectivity index (χ0) is 19.7. The van der Waals surface area contributed by atoms with Crippen LogP contribution in [0.3, 0.4) is 0 Å². The van der Waals surface area contributed by atoms with E-state index in [4.69, 9.17) is 4.42 Å². The smallest absolute Gasteiger partial charge is 0.291 e. The van der Waals surface area contributed by atoms with Crippen LogP contribution in [0.2, 0.25) is 0 Å². The number of nitrogens with one attached hydrogen (secondary N) is 1. The summed E-state index contributed by atoms with van der Waals surface area (Å²) in [6, 6.07) is 15.0. The Bertz CT molecular complexity index is 1170. The molecule has 10 heteroatoms. The first-order valence-corrected chi connectivity index (χ1v) is 10.1. The summed E-state index contributed by atoms with van der Waals surface area (Å²) in [5.74, 6) is -0.737. The van der Waals surface area contributed by atoms with Gasteiger partial charge in [-0.15, -0.1) is 21.5 Å². The number of benzene rings is 2. The van der Waals surface area contributed by atoms with Crippen molar-refractivity contribution in [2.75, 3.05) is 0 Å². The molecule has 142 valence electrons. The molecule has 2 aromatic heterocycles. The maximum absolute atomic E-state index is 12.6. The lowest BCUT2D eigenvalue weighted by molar-refractivity contribution is 0.1000. The van der Waals surface area contributed by atoms with Crippen molar-refractivity contribution in [2.45, 2.75) is 13.0 Å². The van der Waals surface area contributed by atoms with Gasteiger partial charge in [0.25, 0.3) is 11.7 Å². The van der Waals surface area contributed by atoms with Gasteiger partial charge >= 0.3 is 0 Å². The lowest BCUT2D eigenvalue weighted by Gasteiger charge is -2.10. The molecule has 0 aliphatic carbocycles. The SMILES string of the molecule is C[C@H](NS(=O)[O-])c1nnc(C(=O)c2nc3ccc(-c4ccccc4)cc3s2)o1. The molecular formula is C18H13N4O4S2-. The van der Waals surface area contributed by atoms with Gasteiger partial charge in [0.2, 0.25) is 5.89 Å². The highest BCUT2D eigenvalue weighted by Crippen LogP contribution is 2.29.